The Hall–Kier alpha value is -2.25. The number of nitrogens with one attached hydrogen (secondary N) is 1. The van der Waals surface area contributed by atoms with Crippen LogP contribution in [-0.2, 0) is 14.8 Å². The SMILES string of the molecule is CC[C@H](NC(=O)[C@H]1CCCN(S(=O)(=O)c2ccc(F)cc2)C1)c1ccccc1. The van der Waals surface area contributed by atoms with Gasteiger partial charge in [0.2, 0.25) is 15.9 Å². The van der Waals surface area contributed by atoms with Crippen molar-refractivity contribution in [2.75, 3.05) is 13.1 Å². The molecule has 0 aromatic heterocycles. The molecule has 2 aromatic carbocycles. The zero-order valence-corrected chi connectivity index (χ0v) is 16.7. The predicted molar refractivity (Wildman–Crippen MR) is 105 cm³/mol. The van der Waals surface area contributed by atoms with E-state index in [0.717, 1.165) is 24.1 Å². The fourth-order valence-corrected chi connectivity index (χ4v) is 5.05. The van der Waals surface area contributed by atoms with Crippen LogP contribution in [0.1, 0.15) is 37.8 Å². The molecule has 2 aromatic rings. The zero-order valence-electron chi connectivity index (χ0n) is 15.8. The number of piperidine rings is 1. The first kappa shape index (κ1) is 20.5. The van der Waals surface area contributed by atoms with Crippen LogP contribution < -0.4 is 5.32 Å². The van der Waals surface area contributed by atoms with E-state index in [4.69, 9.17) is 0 Å². The summed E-state index contributed by atoms with van der Waals surface area (Å²) in [6, 6.07) is 14.4. The highest BCUT2D eigenvalue weighted by atomic mass is 32.2. The average Bonchev–Trinajstić information content (AvgIpc) is 2.73. The first-order valence-corrected chi connectivity index (χ1v) is 11.0. The van der Waals surface area contributed by atoms with E-state index < -0.39 is 21.8 Å². The first-order valence-electron chi connectivity index (χ1n) is 9.53. The third-order valence-electron chi connectivity index (χ3n) is 5.13. The van der Waals surface area contributed by atoms with E-state index in [1.807, 2.05) is 37.3 Å². The van der Waals surface area contributed by atoms with Crippen LogP contribution in [0, 0.1) is 11.7 Å². The number of benzene rings is 2. The van der Waals surface area contributed by atoms with E-state index in [1.54, 1.807) is 0 Å². The molecule has 1 heterocycles. The Morgan fingerprint density at radius 3 is 2.50 bits per heavy atom. The summed E-state index contributed by atoms with van der Waals surface area (Å²) in [5, 5.41) is 3.06. The van der Waals surface area contributed by atoms with Gasteiger partial charge in [0.25, 0.3) is 0 Å². The first-order chi connectivity index (χ1) is 13.4. The molecule has 0 radical (unpaired) electrons. The van der Waals surface area contributed by atoms with Gasteiger partial charge in [-0.2, -0.15) is 4.31 Å². The second kappa shape index (κ2) is 8.84. The molecule has 0 unspecified atom stereocenters. The van der Waals surface area contributed by atoms with Crippen LogP contribution >= 0.6 is 0 Å². The van der Waals surface area contributed by atoms with Crippen molar-refractivity contribution in [2.45, 2.75) is 37.1 Å². The van der Waals surface area contributed by atoms with Gasteiger partial charge in [-0.1, -0.05) is 37.3 Å². The molecule has 2 atom stereocenters. The summed E-state index contributed by atoms with van der Waals surface area (Å²) >= 11 is 0. The number of hydrogen-bond acceptors (Lipinski definition) is 3. The normalized spacial score (nSPS) is 19.1. The Morgan fingerprint density at radius 2 is 1.86 bits per heavy atom. The maximum Gasteiger partial charge on any atom is 0.243 e. The molecule has 0 spiro atoms. The van der Waals surface area contributed by atoms with Gasteiger partial charge in [-0.15, -0.1) is 0 Å². The minimum Gasteiger partial charge on any atom is -0.349 e. The molecular formula is C21H25FN2O3S. The molecule has 5 nitrogen and oxygen atoms in total. The third kappa shape index (κ3) is 4.59. The van der Waals surface area contributed by atoms with Crippen molar-refractivity contribution < 1.29 is 17.6 Å². The van der Waals surface area contributed by atoms with Crippen LogP contribution in [0.25, 0.3) is 0 Å². The van der Waals surface area contributed by atoms with Crippen molar-refractivity contribution in [1.82, 2.24) is 9.62 Å². The Kier molecular flexibility index (Phi) is 6.46. The van der Waals surface area contributed by atoms with E-state index >= 15 is 0 Å². The number of nitrogens with zero attached hydrogens (tertiary/aromatic N) is 1. The molecular weight excluding hydrogens is 379 g/mol. The van der Waals surface area contributed by atoms with Crippen LogP contribution in [-0.4, -0.2) is 31.7 Å². The van der Waals surface area contributed by atoms with E-state index in [9.17, 15) is 17.6 Å². The smallest absolute Gasteiger partial charge is 0.243 e. The molecule has 1 amide bonds. The molecule has 150 valence electrons. The largest absolute Gasteiger partial charge is 0.349 e. The number of sulfonamides is 1. The summed E-state index contributed by atoms with van der Waals surface area (Å²) in [6.45, 7) is 2.50. The lowest BCUT2D eigenvalue weighted by Crippen LogP contribution is -2.46. The molecule has 0 aliphatic carbocycles. The molecule has 1 aliphatic rings. The van der Waals surface area contributed by atoms with Crippen LogP contribution in [0.15, 0.2) is 59.5 Å². The van der Waals surface area contributed by atoms with Crippen molar-refractivity contribution in [2.24, 2.45) is 5.92 Å². The van der Waals surface area contributed by atoms with Gasteiger partial charge in [0.05, 0.1) is 16.9 Å². The fraction of sp³-hybridized carbons (Fsp3) is 0.381. The number of rotatable bonds is 6. The Morgan fingerprint density at radius 1 is 1.18 bits per heavy atom. The van der Waals surface area contributed by atoms with Crippen molar-refractivity contribution in [3.05, 3.63) is 66.0 Å². The molecule has 3 rings (SSSR count). The quantitative estimate of drug-likeness (QED) is 0.801. The van der Waals surface area contributed by atoms with Crippen LogP contribution in [0.5, 0.6) is 0 Å². The number of carbonyl (C=O) groups is 1. The topological polar surface area (TPSA) is 66.5 Å². The molecule has 1 aliphatic heterocycles. The molecule has 0 bridgehead atoms. The van der Waals surface area contributed by atoms with Gasteiger partial charge in [0.15, 0.2) is 0 Å². The molecule has 1 N–H and O–H groups in total. The highest BCUT2D eigenvalue weighted by Crippen LogP contribution is 2.25. The lowest BCUT2D eigenvalue weighted by atomic mass is 9.97. The number of hydrogen-bond donors (Lipinski definition) is 1. The molecule has 7 heteroatoms. The summed E-state index contributed by atoms with van der Waals surface area (Å²) in [5.41, 5.74) is 1.03. The fourth-order valence-electron chi connectivity index (χ4n) is 3.53. The van der Waals surface area contributed by atoms with Gasteiger partial charge in [-0.05, 0) is 49.1 Å². The van der Waals surface area contributed by atoms with E-state index in [2.05, 4.69) is 5.32 Å². The molecule has 0 saturated carbocycles. The standard InChI is InChI=1S/C21H25FN2O3S/c1-2-20(16-7-4-3-5-8-16)23-21(25)17-9-6-14-24(15-17)28(26,27)19-12-10-18(22)11-13-19/h3-5,7-8,10-13,17,20H,2,6,9,14-15H2,1H3,(H,23,25)/t17-,20-/m0/s1. The second-order valence-electron chi connectivity index (χ2n) is 7.04. The average molecular weight is 405 g/mol. The van der Waals surface area contributed by atoms with Crippen molar-refractivity contribution in [3.8, 4) is 0 Å². The molecule has 28 heavy (non-hydrogen) atoms. The highest BCUT2D eigenvalue weighted by Gasteiger charge is 2.33. The van der Waals surface area contributed by atoms with Gasteiger partial charge in [-0.25, -0.2) is 12.8 Å². The highest BCUT2D eigenvalue weighted by molar-refractivity contribution is 7.89. The van der Waals surface area contributed by atoms with E-state index in [1.165, 1.54) is 16.4 Å². The lowest BCUT2D eigenvalue weighted by Gasteiger charge is -2.32. The number of amides is 1. The lowest BCUT2D eigenvalue weighted by molar-refractivity contribution is -0.126. The van der Waals surface area contributed by atoms with Crippen LogP contribution in [0.2, 0.25) is 0 Å². The Labute approximate surface area is 165 Å². The van der Waals surface area contributed by atoms with Gasteiger partial charge in [0, 0.05) is 13.1 Å². The maximum absolute atomic E-state index is 13.1. The molecule has 1 saturated heterocycles. The van der Waals surface area contributed by atoms with Gasteiger partial charge < -0.3 is 5.32 Å². The maximum atomic E-state index is 13.1. The van der Waals surface area contributed by atoms with Gasteiger partial charge in [0.1, 0.15) is 5.82 Å². The Balaban J connectivity index is 1.70. The van der Waals surface area contributed by atoms with Gasteiger partial charge >= 0.3 is 0 Å². The van der Waals surface area contributed by atoms with Crippen molar-refractivity contribution in [1.29, 1.82) is 0 Å². The van der Waals surface area contributed by atoms with Crippen LogP contribution in [0.4, 0.5) is 4.39 Å². The second-order valence-corrected chi connectivity index (χ2v) is 8.97. The third-order valence-corrected chi connectivity index (χ3v) is 7.01. The monoisotopic (exact) mass is 404 g/mol. The Bertz CT molecular complexity index is 901. The van der Waals surface area contributed by atoms with Gasteiger partial charge in [-0.3, -0.25) is 4.79 Å². The zero-order chi connectivity index (χ0) is 20.1. The summed E-state index contributed by atoms with van der Waals surface area (Å²) in [4.78, 5) is 12.9. The summed E-state index contributed by atoms with van der Waals surface area (Å²) in [5.74, 6) is -1.02. The number of carbonyl (C=O) groups excluding carboxylic acids is 1. The van der Waals surface area contributed by atoms with E-state index in [0.29, 0.717) is 19.4 Å². The summed E-state index contributed by atoms with van der Waals surface area (Å²) in [7, 11) is -3.74. The summed E-state index contributed by atoms with van der Waals surface area (Å²) in [6.07, 6.45) is 2.01. The minimum atomic E-state index is -3.74. The predicted octanol–water partition coefficient (Wildman–Crippen LogP) is 3.49. The number of halogens is 1. The summed E-state index contributed by atoms with van der Waals surface area (Å²) < 4.78 is 40.1. The van der Waals surface area contributed by atoms with Crippen molar-refractivity contribution in [3.63, 3.8) is 0 Å². The van der Waals surface area contributed by atoms with E-state index in [-0.39, 0.29) is 23.4 Å². The van der Waals surface area contributed by atoms with Crippen molar-refractivity contribution >= 4 is 15.9 Å². The minimum absolute atomic E-state index is 0.0469. The molecule has 1 fully saturated rings. The van der Waals surface area contributed by atoms with Crippen LogP contribution in [0.3, 0.4) is 0 Å².